The first kappa shape index (κ1) is 17.6. The van der Waals surface area contributed by atoms with E-state index in [4.69, 9.17) is 17.0 Å². The molecule has 1 atom stereocenters. The molecule has 8 heteroatoms. The summed E-state index contributed by atoms with van der Waals surface area (Å²) >= 11 is 5.23. The first-order valence-corrected chi connectivity index (χ1v) is 8.70. The molecule has 0 saturated carbocycles. The van der Waals surface area contributed by atoms with Crippen molar-refractivity contribution in [2.75, 3.05) is 13.2 Å². The lowest BCUT2D eigenvalue weighted by Gasteiger charge is -2.24. The molecule has 1 aliphatic rings. The predicted octanol–water partition coefficient (Wildman–Crippen LogP) is 2.57. The van der Waals surface area contributed by atoms with Gasteiger partial charge in [-0.05, 0) is 42.4 Å². The number of hydrogen-bond acceptors (Lipinski definition) is 4. The third-order valence-corrected chi connectivity index (χ3v) is 4.55. The Bertz CT molecular complexity index is 830. The van der Waals surface area contributed by atoms with Gasteiger partial charge in [0.2, 0.25) is 5.91 Å². The molecule has 134 valence electrons. The maximum Gasteiger partial charge on any atom is 0.226 e. The second-order valence-electron chi connectivity index (χ2n) is 6.45. The summed E-state index contributed by atoms with van der Waals surface area (Å²) in [4.78, 5) is 12.4. The SMILES string of the molecule is CC(C)c1n[nH]c(=S)n1CCNC(=O)[C@@H]1COc2ccc(F)cc2C1. The minimum atomic E-state index is -0.323. The van der Waals surface area contributed by atoms with Crippen LogP contribution >= 0.6 is 12.2 Å². The number of carbonyl (C=O) groups is 1. The number of rotatable bonds is 5. The summed E-state index contributed by atoms with van der Waals surface area (Å²) in [5.74, 6) is 1.01. The van der Waals surface area contributed by atoms with Gasteiger partial charge in [-0.15, -0.1) is 0 Å². The van der Waals surface area contributed by atoms with E-state index >= 15 is 0 Å². The molecule has 2 heterocycles. The number of carbonyl (C=O) groups excluding carboxylic acids is 1. The van der Waals surface area contributed by atoms with Crippen LogP contribution in [0.15, 0.2) is 18.2 Å². The molecule has 0 fully saturated rings. The fourth-order valence-electron chi connectivity index (χ4n) is 2.95. The smallest absolute Gasteiger partial charge is 0.226 e. The number of benzene rings is 1. The summed E-state index contributed by atoms with van der Waals surface area (Å²) in [6.07, 6.45) is 0.474. The summed E-state index contributed by atoms with van der Waals surface area (Å²) in [7, 11) is 0. The molecule has 0 bridgehead atoms. The number of aromatic nitrogens is 3. The number of fused-ring (bicyclic) bond motifs is 1. The highest BCUT2D eigenvalue weighted by molar-refractivity contribution is 7.71. The van der Waals surface area contributed by atoms with Gasteiger partial charge in [0.15, 0.2) is 4.77 Å². The van der Waals surface area contributed by atoms with Gasteiger partial charge in [0.25, 0.3) is 0 Å². The van der Waals surface area contributed by atoms with Crippen molar-refractivity contribution in [3.63, 3.8) is 0 Å². The quantitative estimate of drug-likeness (QED) is 0.800. The lowest BCUT2D eigenvalue weighted by Crippen LogP contribution is -2.38. The molecule has 1 aromatic carbocycles. The zero-order chi connectivity index (χ0) is 18.0. The summed E-state index contributed by atoms with van der Waals surface area (Å²) in [6.45, 7) is 5.37. The Morgan fingerprint density at radius 1 is 1.56 bits per heavy atom. The normalized spacial score (nSPS) is 16.4. The Morgan fingerprint density at radius 3 is 3.12 bits per heavy atom. The Kier molecular flexibility index (Phi) is 5.17. The van der Waals surface area contributed by atoms with Crippen LogP contribution in [0.1, 0.15) is 31.2 Å². The van der Waals surface area contributed by atoms with Gasteiger partial charge in [0, 0.05) is 19.0 Å². The van der Waals surface area contributed by atoms with E-state index in [1.165, 1.54) is 12.1 Å². The van der Waals surface area contributed by atoms with Gasteiger partial charge >= 0.3 is 0 Å². The minimum Gasteiger partial charge on any atom is -0.492 e. The number of H-pyrrole nitrogens is 1. The molecule has 2 aromatic rings. The fourth-order valence-corrected chi connectivity index (χ4v) is 3.18. The molecule has 3 rings (SSSR count). The van der Waals surface area contributed by atoms with Crippen LogP contribution in [0, 0.1) is 16.5 Å². The van der Waals surface area contributed by atoms with E-state index in [1.54, 1.807) is 6.07 Å². The third kappa shape index (κ3) is 3.89. The number of aromatic amines is 1. The Morgan fingerprint density at radius 2 is 2.36 bits per heavy atom. The monoisotopic (exact) mass is 364 g/mol. The Hall–Kier alpha value is -2.22. The van der Waals surface area contributed by atoms with E-state index < -0.39 is 0 Å². The average molecular weight is 364 g/mol. The van der Waals surface area contributed by atoms with Crippen LogP contribution in [0.3, 0.4) is 0 Å². The first-order chi connectivity index (χ1) is 12.0. The number of nitrogens with one attached hydrogen (secondary N) is 2. The number of ether oxygens (including phenoxy) is 1. The lowest BCUT2D eigenvalue weighted by atomic mass is 9.96. The van der Waals surface area contributed by atoms with E-state index in [-0.39, 0.29) is 23.6 Å². The minimum absolute atomic E-state index is 0.101. The summed E-state index contributed by atoms with van der Waals surface area (Å²) < 4.78 is 21.4. The van der Waals surface area contributed by atoms with Crippen molar-refractivity contribution >= 4 is 18.1 Å². The molecule has 0 radical (unpaired) electrons. The highest BCUT2D eigenvalue weighted by Crippen LogP contribution is 2.27. The van der Waals surface area contributed by atoms with E-state index in [2.05, 4.69) is 15.5 Å². The summed E-state index contributed by atoms with van der Waals surface area (Å²) in [5, 5.41) is 9.91. The number of hydrogen-bond donors (Lipinski definition) is 2. The molecule has 2 N–H and O–H groups in total. The van der Waals surface area contributed by atoms with Crippen molar-refractivity contribution in [1.29, 1.82) is 0 Å². The van der Waals surface area contributed by atoms with E-state index in [9.17, 15) is 9.18 Å². The van der Waals surface area contributed by atoms with Gasteiger partial charge in [-0.3, -0.25) is 9.89 Å². The summed E-state index contributed by atoms with van der Waals surface area (Å²) in [5.41, 5.74) is 0.727. The van der Waals surface area contributed by atoms with Crippen LogP contribution in [0.4, 0.5) is 4.39 Å². The van der Waals surface area contributed by atoms with E-state index in [0.717, 1.165) is 11.4 Å². The molecule has 0 aliphatic carbocycles. The molecule has 1 aromatic heterocycles. The standard InChI is InChI=1S/C17H21FN4O2S/c1-10(2)15-20-21-17(25)22(15)6-5-19-16(23)12-7-11-8-13(18)3-4-14(11)24-9-12/h3-4,8,10,12H,5-7,9H2,1-2H3,(H,19,23)(H,21,25)/t12-/m0/s1. The second-order valence-corrected chi connectivity index (χ2v) is 6.84. The van der Waals surface area contributed by atoms with Crippen LogP contribution in [-0.2, 0) is 17.8 Å². The number of amides is 1. The van der Waals surface area contributed by atoms with Crippen molar-refractivity contribution < 1.29 is 13.9 Å². The molecule has 6 nitrogen and oxygen atoms in total. The van der Waals surface area contributed by atoms with E-state index in [0.29, 0.717) is 36.6 Å². The van der Waals surface area contributed by atoms with Gasteiger partial charge in [-0.25, -0.2) is 4.39 Å². The van der Waals surface area contributed by atoms with Crippen molar-refractivity contribution in [3.05, 3.63) is 40.2 Å². The highest BCUT2D eigenvalue weighted by atomic mass is 32.1. The predicted molar refractivity (Wildman–Crippen MR) is 93.6 cm³/mol. The molecule has 0 unspecified atom stereocenters. The molecule has 1 amide bonds. The van der Waals surface area contributed by atoms with Crippen molar-refractivity contribution in [2.24, 2.45) is 5.92 Å². The molecular formula is C17H21FN4O2S. The van der Waals surface area contributed by atoms with Crippen LogP contribution < -0.4 is 10.1 Å². The molecule has 1 aliphatic heterocycles. The average Bonchev–Trinajstić information content (AvgIpc) is 2.95. The fraction of sp³-hybridized carbons (Fsp3) is 0.471. The number of halogens is 1. The maximum absolute atomic E-state index is 13.3. The maximum atomic E-state index is 13.3. The van der Waals surface area contributed by atoms with Crippen molar-refractivity contribution in [3.8, 4) is 5.75 Å². The van der Waals surface area contributed by atoms with Crippen LogP contribution in [-0.4, -0.2) is 33.8 Å². The Balaban J connectivity index is 1.57. The Labute approximate surface area is 150 Å². The van der Waals surface area contributed by atoms with Crippen LogP contribution in [0.2, 0.25) is 0 Å². The number of nitrogens with zero attached hydrogens (tertiary/aromatic N) is 2. The highest BCUT2D eigenvalue weighted by Gasteiger charge is 2.26. The van der Waals surface area contributed by atoms with Crippen LogP contribution in [0.25, 0.3) is 0 Å². The van der Waals surface area contributed by atoms with E-state index in [1.807, 2.05) is 18.4 Å². The molecule has 25 heavy (non-hydrogen) atoms. The van der Waals surface area contributed by atoms with Crippen molar-refractivity contribution in [2.45, 2.75) is 32.7 Å². The molecule has 0 spiro atoms. The molecule has 0 saturated heterocycles. The van der Waals surface area contributed by atoms with Gasteiger partial charge in [0.1, 0.15) is 24.0 Å². The van der Waals surface area contributed by atoms with Gasteiger partial charge in [-0.2, -0.15) is 5.10 Å². The zero-order valence-corrected chi connectivity index (χ0v) is 15.0. The first-order valence-electron chi connectivity index (χ1n) is 8.29. The third-order valence-electron chi connectivity index (χ3n) is 4.24. The van der Waals surface area contributed by atoms with Gasteiger partial charge < -0.3 is 14.6 Å². The second kappa shape index (κ2) is 7.35. The van der Waals surface area contributed by atoms with Gasteiger partial charge in [-0.1, -0.05) is 13.8 Å². The zero-order valence-electron chi connectivity index (χ0n) is 14.2. The van der Waals surface area contributed by atoms with Gasteiger partial charge in [0.05, 0.1) is 5.92 Å². The summed E-state index contributed by atoms with van der Waals surface area (Å²) in [6, 6.07) is 4.39. The topological polar surface area (TPSA) is 71.9 Å². The molecular weight excluding hydrogens is 343 g/mol. The largest absolute Gasteiger partial charge is 0.492 e. The lowest BCUT2D eigenvalue weighted by molar-refractivity contribution is -0.126. The van der Waals surface area contributed by atoms with Crippen LogP contribution in [0.5, 0.6) is 5.75 Å². The van der Waals surface area contributed by atoms with Crippen molar-refractivity contribution in [1.82, 2.24) is 20.1 Å².